The molecule has 112 valence electrons. The number of aryl methyl sites for hydroxylation is 1. The van der Waals surface area contributed by atoms with Crippen molar-refractivity contribution in [2.45, 2.75) is 39.5 Å². The van der Waals surface area contributed by atoms with Gasteiger partial charge in [-0.3, -0.25) is 0 Å². The second-order valence-electron chi connectivity index (χ2n) is 6.26. The Hall–Kier alpha value is -1.94. The van der Waals surface area contributed by atoms with Crippen molar-refractivity contribution in [2.75, 3.05) is 6.54 Å². The number of nitrogens with two attached hydrogens (primary N) is 1. The lowest BCUT2D eigenvalue weighted by Crippen LogP contribution is -2.13. The maximum atomic E-state index is 5.87. The molecule has 4 nitrogen and oxygen atoms in total. The summed E-state index contributed by atoms with van der Waals surface area (Å²) in [7, 11) is 0. The molecule has 0 atom stereocenters. The molecule has 0 unspecified atom stereocenters. The number of ether oxygens (including phenoxy) is 1. The third kappa shape index (κ3) is 4.02. The van der Waals surface area contributed by atoms with E-state index in [9.17, 15) is 0 Å². The van der Waals surface area contributed by atoms with Gasteiger partial charge in [-0.05, 0) is 36.9 Å². The van der Waals surface area contributed by atoms with Gasteiger partial charge in [0.1, 0.15) is 5.75 Å². The van der Waals surface area contributed by atoms with Gasteiger partial charge in [0.15, 0.2) is 0 Å². The van der Waals surface area contributed by atoms with Gasteiger partial charge in [-0.1, -0.05) is 38.5 Å². The van der Waals surface area contributed by atoms with Crippen molar-refractivity contribution in [1.82, 2.24) is 9.97 Å². The number of hydrogen-bond acceptors (Lipinski definition) is 4. The lowest BCUT2D eigenvalue weighted by atomic mass is 9.85. The van der Waals surface area contributed by atoms with Crippen LogP contribution in [0, 0.1) is 6.92 Å². The summed E-state index contributed by atoms with van der Waals surface area (Å²) >= 11 is 0. The zero-order valence-corrected chi connectivity index (χ0v) is 13.2. The Morgan fingerprint density at radius 3 is 2.38 bits per heavy atom. The van der Waals surface area contributed by atoms with E-state index in [-0.39, 0.29) is 5.41 Å². The standard InChI is InChI=1S/C17H23N3O/c1-12-5-6-15(14(9-12)17(2,3)4)21-16-19-10-13(7-8-18)11-20-16/h5-6,9-11H,7-8,18H2,1-4H3. The van der Waals surface area contributed by atoms with Crippen LogP contribution in [0.2, 0.25) is 0 Å². The third-order valence-corrected chi connectivity index (χ3v) is 3.26. The van der Waals surface area contributed by atoms with Gasteiger partial charge >= 0.3 is 6.01 Å². The number of benzene rings is 1. The van der Waals surface area contributed by atoms with E-state index in [0.717, 1.165) is 23.3 Å². The van der Waals surface area contributed by atoms with Gasteiger partial charge in [-0.2, -0.15) is 0 Å². The molecule has 0 amide bonds. The van der Waals surface area contributed by atoms with E-state index in [0.29, 0.717) is 12.6 Å². The second-order valence-corrected chi connectivity index (χ2v) is 6.26. The summed E-state index contributed by atoms with van der Waals surface area (Å²) in [6, 6.07) is 6.53. The summed E-state index contributed by atoms with van der Waals surface area (Å²) in [6.07, 6.45) is 4.30. The van der Waals surface area contributed by atoms with E-state index in [1.54, 1.807) is 12.4 Å². The van der Waals surface area contributed by atoms with Crippen molar-refractivity contribution in [1.29, 1.82) is 0 Å². The number of aromatic nitrogens is 2. The average molecular weight is 285 g/mol. The average Bonchev–Trinajstić information content (AvgIpc) is 2.42. The normalized spacial score (nSPS) is 11.5. The zero-order valence-electron chi connectivity index (χ0n) is 13.2. The van der Waals surface area contributed by atoms with Gasteiger partial charge in [0.05, 0.1) is 0 Å². The van der Waals surface area contributed by atoms with Crippen LogP contribution in [-0.4, -0.2) is 16.5 Å². The van der Waals surface area contributed by atoms with Crippen LogP contribution in [0.4, 0.5) is 0 Å². The lowest BCUT2D eigenvalue weighted by molar-refractivity contribution is 0.421. The molecule has 1 heterocycles. The Bertz CT molecular complexity index is 600. The van der Waals surface area contributed by atoms with E-state index in [1.165, 1.54) is 5.56 Å². The van der Waals surface area contributed by atoms with Crippen molar-refractivity contribution >= 4 is 0 Å². The molecule has 0 spiro atoms. The van der Waals surface area contributed by atoms with Gasteiger partial charge in [-0.25, -0.2) is 9.97 Å². The fourth-order valence-electron chi connectivity index (χ4n) is 2.11. The van der Waals surface area contributed by atoms with Crippen LogP contribution in [0.25, 0.3) is 0 Å². The Kier molecular flexibility index (Phi) is 4.58. The highest BCUT2D eigenvalue weighted by Gasteiger charge is 2.20. The molecule has 0 bridgehead atoms. The Morgan fingerprint density at radius 2 is 1.81 bits per heavy atom. The highest BCUT2D eigenvalue weighted by Crippen LogP contribution is 2.33. The van der Waals surface area contributed by atoms with Crippen molar-refractivity contribution < 1.29 is 4.74 Å². The van der Waals surface area contributed by atoms with Crippen LogP contribution >= 0.6 is 0 Å². The first kappa shape index (κ1) is 15.4. The van der Waals surface area contributed by atoms with E-state index < -0.39 is 0 Å². The van der Waals surface area contributed by atoms with Gasteiger partial charge in [-0.15, -0.1) is 0 Å². The molecule has 2 rings (SSSR count). The zero-order chi connectivity index (χ0) is 15.5. The minimum absolute atomic E-state index is 0.000837. The molecule has 2 aromatic rings. The van der Waals surface area contributed by atoms with Crippen LogP contribution in [0.15, 0.2) is 30.6 Å². The second kappa shape index (κ2) is 6.22. The summed E-state index contributed by atoms with van der Waals surface area (Å²) < 4.78 is 5.87. The topological polar surface area (TPSA) is 61.0 Å². The Morgan fingerprint density at radius 1 is 1.14 bits per heavy atom. The molecule has 2 N–H and O–H groups in total. The molecule has 0 aliphatic heterocycles. The first-order chi connectivity index (χ1) is 9.90. The fourth-order valence-corrected chi connectivity index (χ4v) is 2.11. The van der Waals surface area contributed by atoms with E-state index in [2.05, 4.69) is 43.7 Å². The fraction of sp³-hybridized carbons (Fsp3) is 0.412. The van der Waals surface area contributed by atoms with Gasteiger partial charge in [0.2, 0.25) is 0 Å². The molecule has 4 heteroatoms. The van der Waals surface area contributed by atoms with E-state index in [4.69, 9.17) is 10.5 Å². The van der Waals surface area contributed by atoms with Crippen molar-refractivity contribution in [3.05, 3.63) is 47.3 Å². The summed E-state index contributed by atoms with van der Waals surface area (Å²) in [4.78, 5) is 8.50. The number of nitrogens with zero attached hydrogens (tertiary/aromatic N) is 2. The SMILES string of the molecule is Cc1ccc(Oc2ncc(CCN)cn2)c(C(C)(C)C)c1. The lowest BCUT2D eigenvalue weighted by Gasteiger charge is -2.22. The first-order valence-corrected chi connectivity index (χ1v) is 7.20. The van der Waals surface area contributed by atoms with Crippen molar-refractivity contribution in [3.8, 4) is 11.8 Å². The van der Waals surface area contributed by atoms with Crippen LogP contribution < -0.4 is 10.5 Å². The minimum atomic E-state index is 0.000837. The maximum Gasteiger partial charge on any atom is 0.321 e. The predicted molar refractivity (Wildman–Crippen MR) is 84.7 cm³/mol. The summed E-state index contributed by atoms with van der Waals surface area (Å²) in [5, 5.41) is 0. The molecule has 0 radical (unpaired) electrons. The molecule has 1 aromatic heterocycles. The molecular formula is C17H23N3O. The highest BCUT2D eigenvalue weighted by atomic mass is 16.5. The van der Waals surface area contributed by atoms with Gasteiger partial charge in [0.25, 0.3) is 0 Å². The van der Waals surface area contributed by atoms with Crippen LogP contribution in [0.3, 0.4) is 0 Å². The van der Waals surface area contributed by atoms with Crippen LogP contribution in [0.1, 0.15) is 37.5 Å². The molecule has 0 saturated carbocycles. The first-order valence-electron chi connectivity index (χ1n) is 7.20. The van der Waals surface area contributed by atoms with Crippen molar-refractivity contribution in [3.63, 3.8) is 0 Å². The molecule has 0 aliphatic carbocycles. The Labute approximate surface area is 126 Å². The largest absolute Gasteiger partial charge is 0.424 e. The molecule has 0 saturated heterocycles. The van der Waals surface area contributed by atoms with E-state index >= 15 is 0 Å². The molecule has 0 aliphatic rings. The van der Waals surface area contributed by atoms with Gasteiger partial charge < -0.3 is 10.5 Å². The smallest absolute Gasteiger partial charge is 0.321 e. The summed E-state index contributed by atoms with van der Waals surface area (Å²) in [5.41, 5.74) is 8.90. The monoisotopic (exact) mass is 285 g/mol. The van der Waals surface area contributed by atoms with Gasteiger partial charge in [0, 0.05) is 18.0 Å². The van der Waals surface area contributed by atoms with E-state index in [1.807, 2.05) is 12.1 Å². The Balaban J connectivity index is 2.27. The highest BCUT2D eigenvalue weighted by molar-refractivity contribution is 5.42. The molecular weight excluding hydrogens is 262 g/mol. The quantitative estimate of drug-likeness (QED) is 0.935. The maximum absolute atomic E-state index is 5.87. The van der Waals surface area contributed by atoms with Crippen LogP contribution in [0.5, 0.6) is 11.8 Å². The third-order valence-electron chi connectivity index (χ3n) is 3.26. The van der Waals surface area contributed by atoms with Crippen LogP contribution in [-0.2, 0) is 11.8 Å². The predicted octanol–water partition coefficient (Wildman–Crippen LogP) is 3.38. The number of hydrogen-bond donors (Lipinski definition) is 1. The molecule has 0 fully saturated rings. The van der Waals surface area contributed by atoms with Crippen molar-refractivity contribution in [2.24, 2.45) is 5.73 Å². The summed E-state index contributed by atoms with van der Waals surface area (Å²) in [6.45, 7) is 9.17. The minimum Gasteiger partial charge on any atom is -0.424 e. The number of rotatable bonds is 4. The molecule has 1 aromatic carbocycles. The molecule has 21 heavy (non-hydrogen) atoms. The summed E-state index contributed by atoms with van der Waals surface area (Å²) in [5.74, 6) is 0.805.